The summed E-state index contributed by atoms with van der Waals surface area (Å²) >= 11 is 0. The quantitative estimate of drug-likeness (QED) is 0.790. The minimum absolute atomic E-state index is 0.243. The second-order valence-electron chi connectivity index (χ2n) is 5.33. The molecule has 1 aliphatic carbocycles. The van der Waals surface area contributed by atoms with Gasteiger partial charge in [-0.15, -0.1) is 0 Å². The Morgan fingerprint density at radius 1 is 1.24 bits per heavy atom. The number of aromatic nitrogens is 2. The molecule has 0 fully saturated rings. The summed E-state index contributed by atoms with van der Waals surface area (Å²) in [7, 11) is 0. The first-order valence-electron chi connectivity index (χ1n) is 7.61. The van der Waals surface area contributed by atoms with E-state index in [0.29, 0.717) is 0 Å². The molecule has 1 aromatic heterocycles. The number of allylic oxidation sites excluding steroid dienone is 1. The Kier molecular flexibility index (Phi) is 3.80. The molecular formula is C17H22N4. The largest absolute Gasteiger partial charge is 0.386 e. The second-order valence-corrected chi connectivity index (χ2v) is 5.33. The van der Waals surface area contributed by atoms with Crippen LogP contribution in [-0.2, 0) is 5.54 Å². The molecule has 0 aliphatic heterocycles. The highest BCUT2D eigenvalue weighted by molar-refractivity contribution is 5.75. The molecule has 2 aromatic rings. The van der Waals surface area contributed by atoms with E-state index < -0.39 is 0 Å². The van der Waals surface area contributed by atoms with Gasteiger partial charge in [-0.25, -0.2) is 4.98 Å². The third-order valence-corrected chi connectivity index (χ3v) is 3.88. The van der Waals surface area contributed by atoms with Gasteiger partial charge in [-0.05, 0) is 38.1 Å². The molecule has 0 bridgehead atoms. The van der Waals surface area contributed by atoms with Crippen molar-refractivity contribution >= 4 is 11.0 Å². The van der Waals surface area contributed by atoms with Gasteiger partial charge in [0.1, 0.15) is 5.82 Å². The molecule has 21 heavy (non-hydrogen) atoms. The van der Waals surface area contributed by atoms with Crippen molar-refractivity contribution < 1.29 is 0 Å². The highest BCUT2D eigenvalue weighted by atomic mass is 15.1. The molecule has 1 atom stereocenters. The van der Waals surface area contributed by atoms with Crippen LogP contribution >= 0.6 is 0 Å². The maximum atomic E-state index is 4.78. The van der Waals surface area contributed by atoms with E-state index in [4.69, 9.17) is 4.98 Å². The van der Waals surface area contributed by atoms with Crippen LogP contribution in [-0.4, -0.2) is 23.1 Å². The number of H-pyrrole nitrogens is 1. The zero-order valence-corrected chi connectivity index (χ0v) is 12.6. The van der Waals surface area contributed by atoms with Crippen molar-refractivity contribution in [2.45, 2.75) is 25.8 Å². The zero-order chi connectivity index (χ0) is 14.7. The van der Waals surface area contributed by atoms with Crippen LogP contribution in [0.1, 0.15) is 26.1 Å². The Hall–Kier alpha value is -2.07. The Balaban J connectivity index is 1.97. The summed E-state index contributed by atoms with van der Waals surface area (Å²) in [5, 5.41) is 6.94. The SMILES string of the molecule is CCNC1=CCC(NCC)(c2nc3ccccc3[nH]2)C=C1. The van der Waals surface area contributed by atoms with Crippen LogP contribution < -0.4 is 10.6 Å². The molecule has 4 nitrogen and oxygen atoms in total. The number of benzene rings is 1. The van der Waals surface area contributed by atoms with E-state index in [-0.39, 0.29) is 5.54 Å². The van der Waals surface area contributed by atoms with E-state index in [0.717, 1.165) is 36.4 Å². The van der Waals surface area contributed by atoms with Gasteiger partial charge in [0.05, 0.1) is 16.6 Å². The number of aromatic amines is 1. The van der Waals surface area contributed by atoms with E-state index in [1.807, 2.05) is 18.2 Å². The Morgan fingerprint density at radius 3 is 2.76 bits per heavy atom. The predicted octanol–water partition coefficient (Wildman–Crippen LogP) is 2.82. The molecule has 1 aromatic carbocycles. The highest BCUT2D eigenvalue weighted by Crippen LogP contribution is 2.30. The average Bonchev–Trinajstić information content (AvgIpc) is 2.94. The van der Waals surface area contributed by atoms with E-state index in [9.17, 15) is 0 Å². The lowest BCUT2D eigenvalue weighted by Gasteiger charge is -2.31. The van der Waals surface area contributed by atoms with E-state index in [1.165, 1.54) is 5.70 Å². The third kappa shape index (κ3) is 2.59. The fourth-order valence-corrected chi connectivity index (χ4v) is 2.84. The van der Waals surface area contributed by atoms with Crippen LogP contribution in [0.25, 0.3) is 11.0 Å². The van der Waals surface area contributed by atoms with E-state index >= 15 is 0 Å². The molecule has 3 rings (SSSR count). The fourth-order valence-electron chi connectivity index (χ4n) is 2.84. The van der Waals surface area contributed by atoms with Crippen molar-refractivity contribution in [3.63, 3.8) is 0 Å². The van der Waals surface area contributed by atoms with Crippen molar-refractivity contribution in [1.29, 1.82) is 0 Å². The molecule has 3 N–H and O–H groups in total. The molecule has 1 unspecified atom stereocenters. The predicted molar refractivity (Wildman–Crippen MR) is 87.0 cm³/mol. The third-order valence-electron chi connectivity index (χ3n) is 3.88. The summed E-state index contributed by atoms with van der Waals surface area (Å²) in [6.07, 6.45) is 7.48. The van der Waals surface area contributed by atoms with Gasteiger partial charge in [-0.2, -0.15) is 0 Å². The van der Waals surface area contributed by atoms with Gasteiger partial charge in [0, 0.05) is 12.2 Å². The van der Waals surface area contributed by atoms with Crippen molar-refractivity contribution in [1.82, 2.24) is 20.6 Å². The Labute approximate surface area is 125 Å². The topological polar surface area (TPSA) is 52.7 Å². The molecule has 4 heteroatoms. The molecular weight excluding hydrogens is 260 g/mol. The summed E-state index contributed by atoms with van der Waals surface area (Å²) in [6, 6.07) is 8.16. The standard InChI is InChI=1S/C17H22N4/c1-3-18-13-9-11-17(12-10-13,19-4-2)16-20-14-7-5-6-8-15(14)21-16/h5-11,18-19H,3-4,12H2,1-2H3,(H,20,21). The van der Waals surface area contributed by atoms with Crippen molar-refractivity contribution in [2.24, 2.45) is 0 Å². The summed E-state index contributed by atoms with van der Waals surface area (Å²) in [4.78, 5) is 8.24. The lowest BCUT2D eigenvalue weighted by Crippen LogP contribution is -2.42. The van der Waals surface area contributed by atoms with Crippen LogP contribution in [0, 0.1) is 0 Å². The summed E-state index contributed by atoms with van der Waals surface area (Å²) < 4.78 is 0. The van der Waals surface area contributed by atoms with Crippen LogP contribution in [0.3, 0.4) is 0 Å². The molecule has 0 saturated heterocycles. The Morgan fingerprint density at radius 2 is 2.10 bits per heavy atom. The average molecular weight is 282 g/mol. The molecule has 0 radical (unpaired) electrons. The Bertz CT molecular complexity index is 650. The maximum absolute atomic E-state index is 4.78. The van der Waals surface area contributed by atoms with Crippen molar-refractivity contribution in [2.75, 3.05) is 13.1 Å². The first kappa shape index (κ1) is 13.9. The maximum Gasteiger partial charge on any atom is 0.131 e. The monoisotopic (exact) mass is 282 g/mol. The normalized spacial score (nSPS) is 21.5. The van der Waals surface area contributed by atoms with E-state index in [1.54, 1.807) is 0 Å². The number of hydrogen-bond donors (Lipinski definition) is 3. The minimum atomic E-state index is -0.243. The summed E-state index contributed by atoms with van der Waals surface area (Å²) in [5.41, 5.74) is 3.04. The molecule has 0 saturated carbocycles. The smallest absolute Gasteiger partial charge is 0.131 e. The highest BCUT2D eigenvalue weighted by Gasteiger charge is 2.32. The first-order chi connectivity index (χ1) is 10.3. The van der Waals surface area contributed by atoms with Gasteiger partial charge >= 0.3 is 0 Å². The number of likely N-dealkylation sites (N-methyl/N-ethyl adjacent to an activating group) is 2. The summed E-state index contributed by atoms with van der Waals surface area (Å²) in [6.45, 7) is 6.07. The number of nitrogens with zero attached hydrogens (tertiary/aromatic N) is 1. The van der Waals surface area contributed by atoms with Gasteiger partial charge in [0.2, 0.25) is 0 Å². The second kappa shape index (κ2) is 5.74. The molecule has 1 aliphatic rings. The van der Waals surface area contributed by atoms with Gasteiger partial charge in [0.25, 0.3) is 0 Å². The van der Waals surface area contributed by atoms with Crippen molar-refractivity contribution in [3.05, 3.63) is 54.0 Å². The first-order valence-corrected chi connectivity index (χ1v) is 7.61. The van der Waals surface area contributed by atoms with Gasteiger partial charge in [-0.1, -0.05) is 31.2 Å². The van der Waals surface area contributed by atoms with Gasteiger partial charge in [-0.3, -0.25) is 0 Å². The lowest BCUT2D eigenvalue weighted by atomic mass is 9.89. The number of rotatable bonds is 5. The van der Waals surface area contributed by atoms with Crippen LogP contribution in [0.4, 0.5) is 0 Å². The molecule has 0 amide bonds. The number of para-hydroxylation sites is 2. The van der Waals surface area contributed by atoms with E-state index in [2.05, 4.69) is 53.8 Å². The number of hydrogen-bond acceptors (Lipinski definition) is 3. The molecule has 0 spiro atoms. The van der Waals surface area contributed by atoms with Crippen LogP contribution in [0.5, 0.6) is 0 Å². The van der Waals surface area contributed by atoms with Gasteiger partial charge < -0.3 is 15.6 Å². The minimum Gasteiger partial charge on any atom is -0.386 e. The fraction of sp³-hybridized carbons (Fsp3) is 0.353. The molecule has 1 heterocycles. The number of nitrogens with one attached hydrogen (secondary N) is 3. The summed E-state index contributed by atoms with van der Waals surface area (Å²) in [5.74, 6) is 0.980. The number of imidazole rings is 1. The van der Waals surface area contributed by atoms with Crippen molar-refractivity contribution in [3.8, 4) is 0 Å². The number of fused-ring (bicyclic) bond motifs is 1. The van der Waals surface area contributed by atoms with Gasteiger partial charge in [0.15, 0.2) is 0 Å². The zero-order valence-electron chi connectivity index (χ0n) is 12.6. The lowest BCUT2D eigenvalue weighted by molar-refractivity contribution is 0.406. The van der Waals surface area contributed by atoms with Crippen LogP contribution in [0.2, 0.25) is 0 Å². The molecule has 110 valence electrons. The van der Waals surface area contributed by atoms with Crippen LogP contribution in [0.15, 0.2) is 48.2 Å².